The molecular formula is C12H11N5O. The van der Waals surface area contributed by atoms with Crippen LogP contribution in [0.5, 0.6) is 0 Å². The number of amides is 1. The van der Waals surface area contributed by atoms with E-state index in [1.807, 2.05) is 6.07 Å². The van der Waals surface area contributed by atoms with Crippen molar-refractivity contribution in [1.82, 2.24) is 14.8 Å². The van der Waals surface area contributed by atoms with Crippen molar-refractivity contribution in [1.29, 1.82) is 5.26 Å². The summed E-state index contributed by atoms with van der Waals surface area (Å²) in [7, 11) is 1.66. The lowest BCUT2D eigenvalue weighted by molar-refractivity contribution is 0.102. The van der Waals surface area contributed by atoms with Crippen molar-refractivity contribution in [3.8, 4) is 6.07 Å². The van der Waals surface area contributed by atoms with E-state index in [1.165, 1.54) is 10.9 Å². The second-order valence-corrected chi connectivity index (χ2v) is 3.73. The summed E-state index contributed by atoms with van der Waals surface area (Å²) in [5, 5.41) is 15.5. The fourth-order valence-corrected chi connectivity index (χ4v) is 1.57. The third kappa shape index (κ3) is 2.06. The number of aromatic nitrogens is 3. The summed E-state index contributed by atoms with van der Waals surface area (Å²) in [5.41, 5.74) is 1.44. The average molecular weight is 241 g/mol. The van der Waals surface area contributed by atoms with Gasteiger partial charge in [0, 0.05) is 18.9 Å². The van der Waals surface area contributed by atoms with Crippen molar-refractivity contribution in [3.05, 3.63) is 41.3 Å². The maximum absolute atomic E-state index is 12.1. The van der Waals surface area contributed by atoms with Gasteiger partial charge in [-0.25, -0.2) is 0 Å². The fraction of sp³-hybridized carbons (Fsp3) is 0.167. The summed E-state index contributed by atoms with van der Waals surface area (Å²) < 4.78 is 1.45. The molecular weight excluding hydrogens is 230 g/mol. The number of hydrogen-bond donors (Lipinski definition) is 1. The van der Waals surface area contributed by atoms with Crippen molar-refractivity contribution < 1.29 is 4.79 Å². The van der Waals surface area contributed by atoms with Gasteiger partial charge in [-0.2, -0.15) is 10.4 Å². The van der Waals surface area contributed by atoms with Crippen molar-refractivity contribution in [2.24, 2.45) is 7.05 Å². The molecule has 18 heavy (non-hydrogen) atoms. The second kappa shape index (κ2) is 4.67. The first-order chi connectivity index (χ1) is 8.63. The van der Waals surface area contributed by atoms with Gasteiger partial charge < -0.3 is 5.32 Å². The predicted octanol–water partition coefficient (Wildman–Crippen LogP) is 1.25. The average Bonchev–Trinajstić information content (AvgIpc) is 2.71. The molecule has 0 aromatic carbocycles. The molecule has 90 valence electrons. The van der Waals surface area contributed by atoms with Gasteiger partial charge in [0.25, 0.3) is 5.91 Å². The van der Waals surface area contributed by atoms with E-state index in [1.54, 1.807) is 32.3 Å². The summed E-state index contributed by atoms with van der Waals surface area (Å²) >= 11 is 0. The molecule has 0 aliphatic rings. The zero-order chi connectivity index (χ0) is 13.1. The minimum atomic E-state index is -0.305. The largest absolute Gasteiger partial charge is 0.306 e. The Morgan fingerprint density at radius 3 is 3.00 bits per heavy atom. The molecule has 6 heteroatoms. The van der Waals surface area contributed by atoms with Crippen molar-refractivity contribution in [3.63, 3.8) is 0 Å². The molecule has 1 amide bonds. The molecule has 0 saturated carbocycles. The number of nitriles is 1. The molecule has 6 nitrogen and oxygen atoms in total. The lowest BCUT2D eigenvalue weighted by Crippen LogP contribution is -2.16. The van der Waals surface area contributed by atoms with E-state index in [-0.39, 0.29) is 5.91 Å². The highest BCUT2D eigenvalue weighted by molar-refractivity contribution is 6.05. The van der Waals surface area contributed by atoms with Gasteiger partial charge in [-0.15, -0.1) is 0 Å². The lowest BCUT2D eigenvalue weighted by Gasteiger charge is -2.07. The van der Waals surface area contributed by atoms with Gasteiger partial charge >= 0.3 is 0 Å². The van der Waals surface area contributed by atoms with Crippen LogP contribution in [-0.4, -0.2) is 20.7 Å². The highest BCUT2D eigenvalue weighted by atomic mass is 16.1. The summed E-state index contributed by atoms with van der Waals surface area (Å²) in [4.78, 5) is 16.1. The van der Waals surface area contributed by atoms with E-state index in [9.17, 15) is 4.79 Å². The Hall–Kier alpha value is -2.68. The van der Waals surface area contributed by atoms with E-state index in [0.717, 1.165) is 0 Å². The van der Waals surface area contributed by atoms with Crippen molar-refractivity contribution >= 4 is 11.7 Å². The van der Waals surface area contributed by atoms with Gasteiger partial charge in [0.2, 0.25) is 0 Å². The summed E-state index contributed by atoms with van der Waals surface area (Å²) in [6.07, 6.45) is 3.03. The Balaban J connectivity index is 2.31. The van der Waals surface area contributed by atoms with Gasteiger partial charge in [0.1, 0.15) is 17.5 Å². The van der Waals surface area contributed by atoms with E-state index in [2.05, 4.69) is 15.4 Å². The third-order valence-electron chi connectivity index (χ3n) is 2.54. The molecule has 2 aromatic rings. The molecule has 0 bridgehead atoms. The molecule has 2 rings (SSSR count). The number of nitrogens with zero attached hydrogens (tertiary/aromatic N) is 4. The topological polar surface area (TPSA) is 83.6 Å². The molecule has 0 atom stereocenters. The second-order valence-electron chi connectivity index (χ2n) is 3.73. The van der Waals surface area contributed by atoms with Crippen molar-refractivity contribution in [2.45, 2.75) is 6.92 Å². The van der Waals surface area contributed by atoms with Gasteiger partial charge in [-0.05, 0) is 19.1 Å². The highest BCUT2D eigenvalue weighted by Crippen LogP contribution is 2.14. The Labute approximate surface area is 104 Å². The van der Waals surface area contributed by atoms with Crippen LogP contribution in [0.1, 0.15) is 21.6 Å². The zero-order valence-electron chi connectivity index (χ0n) is 10.0. The minimum Gasteiger partial charge on any atom is -0.306 e. The molecule has 1 N–H and O–H groups in total. The van der Waals surface area contributed by atoms with Crippen LogP contribution in [-0.2, 0) is 7.05 Å². The first-order valence-corrected chi connectivity index (χ1v) is 5.28. The predicted molar refractivity (Wildman–Crippen MR) is 64.9 cm³/mol. The molecule has 0 radical (unpaired) electrons. The molecule has 0 spiro atoms. The standard InChI is InChI=1S/C12H11N5O/c1-8-10(4-3-5-14-8)12(18)16-11-9(6-13)7-15-17(11)2/h3-5,7H,1-2H3,(H,16,18). The fourth-order valence-electron chi connectivity index (χ4n) is 1.57. The van der Waals surface area contributed by atoms with Crippen LogP contribution in [0, 0.1) is 18.3 Å². The number of rotatable bonds is 2. The Morgan fingerprint density at radius 1 is 1.56 bits per heavy atom. The lowest BCUT2D eigenvalue weighted by atomic mass is 10.2. The summed E-state index contributed by atoms with van der Waals surface area (Å²) in [5.74, 6) is 0.0754. The number of aryl methyl sites for hydroxylation is 2. The van der Waals surface area contributed by atoms with Gasteiger partial charge in [-0.1, -0.05) is 0 Å². The quantitative estimate of drug-likeness (QED) is 0.857. The van der Waals surface area contributed by atoms with Crippen LogP contribution in [0.15, 0.2) is 24.5 Å². The molecule has 0 aliphatic carbocycles. The summed E-state index contributed by atoms with van der Waals surface area (Å²) in [6.45, 7) is 1.75. The molecule has 0 fully saturated rings. The number of carbonyl (C=O) groups is 1. The number of nitrogens with one attached hydrogen (secondary N) is 1. The normalized spacial score (nSPS) is 9.83. The summed E-state index contributed by atoms with van der Waals surface area (Å²) in [6, 6.07) is 5.35. The maximum Gasteiger partial charge on any atom is 0.258 e. The Morgan fingerprint density at radius 2 is 2.33 bits per heavy atom. The zero-order valence-corrected chi connectivity index (χ0v) is 10.0. The van der Waals surface area contributed by atoms with Gasteiger partial charge in [-0.3, -0.25) is 14.5 Å². The molecule has 0 saturated heterocycles. The Bertz CT molecular complexity index is 638. The van der Waals surface area contributed by atoms with Gasteiger partial charge in [0.15, 0.2) is 0 Å². The van der Waals surface area contributed by atoms with Crippen LogP contribution in [0.25, 0.3) is 0 Å². The van der Waals surface area contributed by atoms with E-state index in [0.29, 0.717) is 22.6 Å². The van der Waals surface area contributed by atoms with Gasteiger partial charge in [0.05, 0.1) is 11.8 Å². The van der Waals surface area contributed by atoms with E-state index >= 15 is 0 Å². The number of pyridine rings is 1. The van der Waals surface area contributed by atoms with E-state index < -0.39 is 0 Å². The first-order valence-electron chi connectivity index (χ1n) is 5.28. The van der Waals surface area contributed by atoms with Crippen LogP contribution in [0.4, 0.5) is 5.82 Å². The minimum absolute atomic E-state index is 0.305. The maximum atomic E-state index is 12.1. The molecule has 0 aliphatic heterocycles. The third-order valence-corrected chi connectivity index (χ3v) is 2.54. The first kappa shape index (κ1) is 11.8. The molecule has 2 heterocycles. The number of hydrogen-bond acceptors (Lipinski definition) is 4. The van der Waals surface area contributed by atoms with Crippen LogP contribution in [0.2, 0.25) is 0 Å². The smallest absolute Gasteiger partial charge is 0.258 e. The highest BCUT2D eigenvalue weighted by Gasteiger charge is 2.14. The van der Waals surface area contributed by atoms with Crippen LogP contribution in [0.3, 0.4) is 0 Å². The van der Waals surface area contributed by atoms with E-state index in [4.69, 9.17) is 5.26 Å². The molecule has 0 unspecified atom stereocenters. The number of carbonyl (C=O) groups excluding carboxylic acids is 1. The van der Waals surface area contributed by atoms with Crippen LogP contribution >= 0.6 is 0 Å². The number of anilines is 1. The van der Waals surface area contributed by atoms with Crippen molar-refractivity contribution in [2.75, 3.05) is 5.32 Å². The Kier molecular flexibility index (Phi) is 3.06. The monoisotopic (exact) mass is 241 g/mol. The van der Waals surface area contributed by atoms with Crippen LogP contribution < -0.4 is 5.32 Å². The molecule has 2 aromatic heterocycles. The SMILES string of the molecule is Cc1ncccc1C(=O)Nc1c(C#N)cnn1C.